The summed E-state index contributed by atoms with van der Waals surface area (Å²) in [5.41, 5.74) is 5.48. The molecule has 1 atom stereocenters. The molecule has 0 saturated carbocycles. The maximum absolute atomic E-state index is 12.8. The monoisotopic (exact) mass is 247 g/mol. The lowest BCUT2D eigenvalue weighted by Gasteiger charge is -2.07. The van der Waals surface area contributed by atoms with Crippen molar-refractivity contribution in [3.63, 3.8) is 0 Å². The Hall–Kier alpha value is -1.05. The number of nitrogens with zero attached hydrogens (tertiary/aromatic N) is 1. The summed E-state index contributed by atoms with van der Waals surface area (Å²) in [5.74, 6) is -0.685. The summed E-state index contributed by atoms with van der Waals surface area (Å²) in [5, 5.41) is 0. The Morgan fingerprint density at radius 3 is 2.81 bits per heavy atom. The maximum Gasteiger partial charge on any atom is 0.242 e. The Morgan fingerprint density at radius 2 is 2.25 bits per heavy atom. The van der Waals surface area contributed by atoms with Crippen molar-refractivity contribution in [1.29, 1.82) is 0 Å². The molecule has 0 radical (unpaired) electrons. The summed E-state index contributed by atoms with van der Waals surface area (Å²) >= 11 is 0. The molecule has 1 aromatic rings. The van der Waals surface area contributed by atoms with Crippen molar-refractivity contribution in [1.82, 2.24) is 9.71 Å². The number of nitrogens with two attached hydrogens (primary N) is 1. The lowest BCUT2D eigenvalue weighted by molar-refractivity contribution is 0.567. The number of pyridine rings is 1. The highest BCUT2D eigenvalue weighted by molar-refractivity contribution is 7.89. The van der Waals surface area contributed by atoms with Gasteiger partial charge in [-0.1, -0.05) is 0 Å². The van der Waals surface area contributed by atoms with Crippen molar-refractivity contribution in [3.05, 3.63) is 24.3 Å². The highest BCUT2D eigenvalue weighted by atomic mass is 32.2. The average molecular weight is 247 g/mol. The summed E-state index contributed by atoms with van der Waals surface area (Å²) in [6.45, 7) is 1.99. The Kier molecular flexibility index (Phi) is 4.34. The van der Waals surface area contributed by atoms with Gasteiger partial charge in [-0.3, -0.25) is 4.98 Å². The maximum atomic E-state index is 12.8. The molecule has 1 aromatic heterocycles. The van der Waals surface area contributed by atoms with Crippen LogP contribution in [-0.4, -0.2) is 26.0 Å². The van der Waals surface area contributed by atoms with Crippen LogP contribution in [0.3, 0.4) is 0 Å². The summed E-state index contributed by atoms with van der Waals surface area (Å²) in [6.07, 6.45) is 2.56. The van der Waals surface area contributed by atoms with E-state index in [1.807, 2.05) is 0 Å². The van der Waals surface area contributed by atoms with Gasteiger partial charge in [0, 0.05) is 18.8 Å². The Bertz CT molecular complexity index is 448. The zero-order valence-electron chi connectivity index (χ0n) is 8.85. The normalized spacial score (nSPS) is 13.7. The predicted molar refractivity (Wildman–Crippen MR) is 57.6 cm³/mol. The fourth-order valence-electron chi connectivity index (χ4n) is 1.04. The highest BCUT2D eigenvalue weighted by Gasteiger charge is 2.14. The fraction of sp³-hybridized carbons (Fsp3) is 0.444. The molecule has 0 aliphatic rings. The van der Waals surface area contributed by atoms with Gasteiger partial charge < -0.3 is 5.73 Å². The predicted octanol–water partition coefficient (Wildman–Crippen LogP) is 0.236. The minimum absolute atomic E-state index is 0.0895. The van der Waals surface area contributed by atoms with Gasteiger partial charge in [0.15, 0.2) is 0 Å². The molecule has 0 aromatic carbocycles. The number of rotatable bonds is 5. The van der Waals surface area contributed by atoms with E-state index in [9.17, 15) is 12.8 Å². The molecule has 1 unspecified atom stereocenters. The third-order valence-corrected chi connectivity index (χ3v) is 3.31. The van der Waals surface area contributed by atoms with Gasteiger partial charge in [-0.15, -0.1) is 0 Å². The second-order valence-electron chi connectivity index (χ2n) is 3.50. The van der Waals surface area contributed by atoms with E-state index in [2.05, 4.69) is 9.71 Å². The summed E-state index contributed by atoms with van der Waals surface area (Å²) < 4.78 is 38.3. The minimum Gasteiger partial charge on any atom is -0.328 e. The van der Waals surface area contributed by atoms with E-state index >= 15 is 0 Å². The number of halogens is 1. The third kappa shape index (κ3) is 3.84. The van der Waals surface area contributed by atoms with Gasteiger partial charge in [-0.2, -0.15) is 0 Å². The van der Waals surface area contributed by atoms with Gasteiger partial charge >= 0.3 is 0 Å². The van der Waals surface area contributed by atoms with E-state index in [4.69, 9.17) is 5.73 Å². The Morgan fingerprint density at radius 1 is 1.56 bits per heavy atom. The summed E-state index contributed by atoms with van der Waals surface area (Å²) in [4.78, 5) is 3.29. The van der Waals surface area contributed by atoms with Gasteiger partial charge in [-0.05, 0) is 19.4 Å². The van der Waals surface area contributed by atoms with Crippen LogP contribution in [0.5, 0.6) is 0 Å². The lowest BCUT2D eigenvalue weighted by Crippen LogP contribution is -2.29. The van der Waals surface area contributed by atoms with Gasteiger partial charge in [0.25, 0.3) is 0 Å². The lowest BCUT2D eigenvalue weighted by atomic mass is 10.3. The van der Waals surface area contributed by atoms with Gasteiger partial charge in [0.2, 0.25) is 10.0 Å². The van der Waals surface area contributed by atoms with Crippen LogP contribution in [0.1, 0.15) is 13.3 Å². The molecule has 0 aliphatic heterocycles. The van der Waals surface area contributed by atoms with Crippen LogP contribution >= 0.6 is 0 Å². The molecule has 90 valence electrons. The largest absolute Gasteiger partial charge is 0.328 e. The molecule has 16 heavy (non-hydrogen) atoms. The van der Waals surface area contributed by atoms with E-state index in [0.717, 1.165) is 18.5 Å². The van der Waals surface area contributed by atoms with Crippen LogP contribution < -0.4 is 10.5 Å². The molecule has 0 amide bonds. The van der Waals surface area contributed by atoms with E-state index in [-0.39, 0.29) is 17.5 Å². The molecular weight excluding hydrogens is 233 g/mol. The molecule has 3 N–H and O–H groups in total. The van der Waals surface area contributed by atoms with E-state index < -0.39 is 15.8 Å². The summed E-state index contributed by atoms with van der Waals surface area (Å²) in [6, 6.07) is 0.828. The van der Waals surface area contributed by atoms with Crippen LogP contribution in [0.4, 0.5) is 4.39 Å². The molecule has 1 rings (SSSR count). The minimum atomic E-state index is -3.69. The van der Waals surface area contributed by atoms with E-state index in [1.54, 1.807) is 6.92 Å². The molecule has 0 saturated heterocycles. The number of sulfonamides is 1. The van der Waals surface area contributed by atoms with Crippen LogP contribution in [-0.2, 0) is 10.0 Å². The van der Waals surface area contributed by atoms with Gasteiger partial charge in [0.1, 0.15) is 10.7 Å². The smallest absolute Gasteiger partial charge is 0.242 e. The molecule has 0 bridgehead atoms. The molecule has 1 heterocycles. The van der Waals surface area contributed by atoms with Crippen molar-refractivity contribution >= 4 is 10.0 Å². The van der Waals surface area contributed by atoms with Crippen molar-refractivity contribution in [2.45, 2.75) is 24.3 Å². The van der Waals surface area contributed by atoms with Crippen LogP contribution in [0, 0.1) is 5.82 Å². The first kappa shape index (κ1) is 13.0. The molecule has 0 spiro atoms. The third-order valence-electron chi connectivity index (χ3n) is 1.88. The highest BCUT2D eigenvalue weighted by Crippen LogP contribution is 2.08. The van der Waals surface area contributed by atoms with Crippen molar-refractivity contribution in [2.24, 2.45) is 5.73 Å². The standard InChI is InChI=1S/C9H14FN3O2S/c1-7(11)2-3-13-16(14,15)9-4-8(10)5-12-6-9/h4-7,13H,2-3,11H2,1H3. The molecule has 7 heteroatoms. The topological polar surface area (TPSA) is 85.1 Å². The number of nitrogens with one attached hydrogen (secondary N) is 1. The first-order chi connectivity index (χ1) is 7.42. The first-order valence-corrected chi connectivity index (χ1v) is 6.26. The first-order valence-electron chi connectivity index (χ1n) is 4.77. The number of hydrogen-bond donors (Lipinski definition) is 2. The van der Waals surface area contributed by atoms with Crippen LogP contribution in [0.2, 0.25) is 0 Å². The Labute approximate surface area is 93.9 Å². The second kappa shape index (κ2) is 5.33. The van der Waals surface area contributed by atoms with Crippen molar-refractivity contribution in [3.8, 4) is 0 Å². The summed E-state index contributed by atoms with van der Waals surface area (Å²) in [7, 11) is -3.69. The SMILES string of the molecule is CC(N)CCNS(=O)(=O)c1cncc(F)c1. The van der Waals surface area contributed by atoms with E-state index in [1.165, 1.54) is 0 Å². The van der Waals surface area contributed by atoms with Gasteiger partial charge in [-0.25, -0.2) is 17.5 Å². The zero-order chi connectivity index (χ0) is 12.2. The van der Waals surface area contributed by atoms with Crippen LogP contribution in [0.15, 0.2) is 23.4 Å². The fourth-order valence-corrected chi connectivity index (χ4v) is 2.06. The average Bonchev–Trinajstić information content (AvgIpc) is 2.16. The number of hydrogen-bond acceptors (Lipinski definition) is 4. The quantitative estimate of drug-likeness (QED) is 0.780. The molecule has 5 nitrogen and oxygen atoms in total. The van der Waals surface area contributed by atoms with Crippen LogP contribution in [0.25, 0.3) is 0 Å². The molecular formula is C9H14FN3O2S. The van der Waals surface area contributed by atoms with E-state index in [0.29, 0.717) is 6.42 Å². The number of aromatic nitrogens is 1. The molecule has 0 aliphatic carbocycles. The van der Waals surface area contributed by atoms with Crippen molar-refractivity contribution in [2.75, 3.05) is 6.54 Å². The molecule has 0 fully saturated rings. The second-order valence-corrected chi connectivity index (χ2v) is 5.27. The Balaban J connectivity index is 2.71. The zero-order valence-corrected chi connectivity index (χ0v) is 9.67. The van der Waals surface area contributed by atoms with Gasteiger partial charge in [0.05, 0.1) is 6.20 Å². The van der Waals surface area contributed by atoms with Crippen molar-refractivity contribution < 1.29 is 12.8 Å².